The van der Waals surface area contributed by atoms with Crippen LogP contribution in [0.4, 0.5) is 10.1 Å². The lowest BCUT2D eigenvalue weighted by Crippen LogP contribution is -1.88. The van der Waals surface area contributed by atoms with Crippen LogP contribution >= 0.6 is 22.7 Å². The van der Waals surface area contributed by atoms with Gasteiger partial charge in [0.25, 0.3) is 0 Å². The van der Waals surface area contributed by atoms with Crippen molar-refractivity contribution in [2.75, 3.05) is 5.73 Å². The molecule has 0 amide bonds. The van der Waals surface area contributed by atoms with Crippen LogP contribution < -0.4 is 5.73 Å². The molecule has 0 unspecified atom stereocenters. The molecule has 0 fully saturated rings. The average Bonchev–Trinajstić information content (AvgIpc) is 3.04. The van der Waals surface area contributed by atoms with Crippen molar-refractivity contribution in [3.05, 3.63) is 52.0 Å². The van der Waals surface area contributed by atoms with Crippen molar-refractivity contribution in [3.63, 3.8) is 0 Å². The number of hydrogen-bond donors (Lipinski definition) is 1. The Hall–Kier alpha value is -2.16. The lowest BCUT2D eigenvalue weighted by molar-refractivity contribution is 0.627. The van der Waals surface area contributed by atoms with E-state index in [-0.39, 0.29) is 5.82 Å². The molecule has 2 N–H and O–H groups in total. The van der Waals surface area contributed by atoms with Gasteiger partial charge in [0.05, 0.1) is 5.69 Å². The van der Waals surface area contributed by atoms with Gasteiger partial charge in [-0.2, -0.15) is 5.26 Å². The quantitative estimate of drug-likeness (QED) is 0.720. The molecule has 0 bridgehead atoms. The van der Waals surface area contributed by atoms with Crippen LogP contribution in [-0.4, -0.2) is 0 Å². The summed E-state index contributed by atoms with van der Waals surface area (Å²) in [7, 11) is 0. The maximum absolute atomic E-state index is 13.7. The molecule has 1 aromatic carbocycles. The van der Waals surface area contributed by atoms with Gasteiger partial charge in [-0.1, -0.05) is 12.1 Å². The summed E-state index contributed by atoms with van der Waals surface area (Å²) in [6.07, 6.45) is 0. The standard InChI is InChI=1S/C16H11FN2S2/c1-9-5-10(7-11(17)6-9)16-14(12-3-2-4-20-12)15(19)13(8-18)21-16/h2-7H,19H2,1H3. The molecule has 0 aliphatic carbocycles. The molecule has 2 heterocycles. The van der Waals surface area contributed by atoms with Gasteiger partial charge in [0.15, 0.2) is 0 Å². The van der Waals surface area contributed by atoms with Crippen LogP contribution in [0.5, 0.6) is 0 Å². The first kappa shape index (κ1) is 13.8. The summed E-state index contributed by atoms with van der Waals surface area (Å²) < 4.78 is 13.7. The van der Waals surface area contributed by atoms with Crippen LogP contribution in [0.3, 0.4) is 0 Å². The van der Waals surface area contributed by atoms with Crippen molar-refractivity contribution in [1.29, 1.82) is 5.26 Å². The molecule has 0 saturated heterocycles. The minimum atomic E-state index is -0.285. The molecule has 0 aliphatic heterocycles. The van der Waals surface area contributed by atoms with Crippen molar-refractivity contribution in [2.45, 2.75) is 6.92 Å². The van der Waals surface area contributed by atoms with Gasteiger partial charge in [0.1, 0.15) is 16.8 Å². The zero-order chi connectivity index (χ0) is 15.0. The summed E-state index contributed by atoms with van der Waals surface area (Å²) in [6.45, 7) is 1.85. The molecule has 0 saturated carbocycles. The van der Waals surface area contributed by atoms with Crippen LogP contribution in [-0.2, 0) is 0 Å². The summed E-state index contributed by atoms with van der Waals surface area (Å²) in [4.78, 5) is 2.30. The Kier molecular flexibility index (Phi) is 3.50. The molecular weight excluding hydrogens is 303 g/mol. The molecule has 2 nitrogen and oxygen atoms in total. The molecular formula is C16H11FN2S2. The summed E-state index contributed by atoms with van der Waals surface area (Å²) in [5.74, 6) is -0.285. The van der Waals surface area contributed by atoms with E-state index in [1.165, 1.54) is 23.5 Å². The van der Waals surface area contributed by atoms with Crippen LogP contribution in [0, 0.1) is 24.1 Å². The number of halogens is 1. The number of benzene rings is 1. The van der Waals surface area contributed by atoms with Gasteiger partial charge in [-0.15, -0.1) is 22.7 Å². The number of anilines is 1. The highest BCUT2D eigenvalue weighted by atomic mass is 32.1. The Balaban J connectivity index is 2.30. The van der Waals surface area contributed by atoms with Gasteiger partial charge in [-0.05, 0) is 41.6 Å². The van der Waals surface area contributed by atoms with E-state index < -0.39 is 0 Å². The smallest absolute Gasteiger partial charge is 0.129 e. The summed E-state index contributed by atoms with van der Waals surface area (Å²) in [6, 6.07) is 10.9. The molecule has 21 heavy (non-hydrogen) atoms. The first-order valence-electron chi connectivity index (χ1n) is 6.24. The number of rotatable bonds is 2. The minimum absolute atomic E-state index is 0.285. The topological polar surface area (TPSA) is 49.8 Å². The maximum Gasteiger partial charge on any atom is 0.129 e. The highest BCUT2D eigenvalue weighted by molar-refractivity contribution is 7.18. The van der Waals surface area contributed by atoms with Gasteiger partial charge in [0.2, 0.25) is 0 Å². The van der Waals surface area contributed by atoms with E-state index in [2.05, 4.69) is 6.07 Å². The van der Waals surface area contributed by atoms with Crippen molar-refractivity contribution >= 4 is 28.4 Å². The summed E-state index contributed by atoms with van der Waals surface area (Å²) in [5.41, 5.74) is 9.02. The maximum atomic E-state index is 13.7. The third-order valence-electron chi connectivity index (χ3n) is 3.12. The highest BCUT2D eigenvalue weighted by Crippen LogP contribution is 2.46. The zero-order valence-electron chi connectivity index (χ0n) is 11.2. The Morgan fingerprint density at radius 1 is 1.29 bits per heavy atom. The molecule has 0 aliphatic rings. The van der Waals surface area contributed by atoms with Crippen LogP contribution in [0.1, 0.15) is 10.4 Å². The van der Waals surface area contributed by atoms with Gasteiger partial charge >= 0.3 is 0 Å². The fraction of sp³-hybridized carbons (Fsp3) is 0.0625. The van der Waals surface area contributed by atoms with Crippen LogP contribution in [0.25, 0.3) is 20.9 Å². The second-order valence-electron chi connectivity index (χ2n) is 4.66. The second kappa shape index (κ2) is 5.32. The second-order valence-corrected chi connectivity index (χ2v) is 6.62. The number of hydrogen-bond acceptors (Lipinski definition) is 4. The first-order chi connectivity index (χ1) is 10.1. The van der Waals surface area contributed by atoms with E-state index in [0.29, 0.717) is 10.6 Å². The number of nitrogens with zero attached hydrogens (tertiary/aromatic N) is 1. The Bertz CT molecular complexity index is 822. The molecule has 3 aromatic rings. The normalized spacial score (nSPS) is 10.5. The monoisotopic (exact) mass is 314 g/mol. The number of aryl methyl sites for hydroxylation is 1. The number of nitriles is 1. The fourth-order valence-electron chi connectivity index (χ4n) is 2.26. The SMILES string of the molecule is Cc1cc(F)cc(-c2sc(C#N)c(N)c2-c2cccs2)c1. The molecule has 5 heteroatoms. The molecule has 0 atom stereocenters. The van der Waals surface area contributed by atoms with Crippen molar-refractivity contribution in [1.82, 2.24) is 0 Å². The zero-order valence-corrected chi connectivity index (χ0v) is 12.8. The van der Waals surface area contributed by atoms with Crippen LogP contribution in [0.2, 0.25) is 0 Å². The van der Waals surface area contributed by atoms with Crippen molar-refractivity contribution < 1.29 is 4.39 Å². The Labute approximate surface area is 129 Å². The predicted octanol–water partition coefficient (Wildman–Crippen LogP) is 5.05. The largest absolute Gasteiger partial charge is 0.396 e. The van der Waals surface area contributed by atoms with Gasteiger partial charge in [0, 0.05) is 15.3 Å². The van der Waals surface area contributed by atoms with E-state index in [0.717, 1.165) is 26.4 Å². The van der Waals surface area contributed by atoms with E-state index in [4.69, 9.17) is 5.73 Å². The Morgan fingerprint density at radius 2 is 2.10 bits per heavy atom. The molecule has 0 spiro atoms. The molecule has 3 rings (SSSR count). The third kappa shape index (κ3) is 2.44. The van der Waals surface area contributed by atoms with Crippen LogP contribution in [0.15, 0.2) is 35.7 Å². The number of thiophene rings is 2. The molecule has 0 radical (unpaired) electrons. The van der Waals surface area contributed by atoms with E-state index in [1.807, 2.05) is 30.5 Å². The summed E-state index contributed by atoms with van der Waals surface area (Å²) >= 11 is 2.86. The van der Waals surface area contributed by atoms with Gasteiger partial charge in [-0.3, -0.25) is 0 Å². The van der Waals surface area contributed by atoms with Crippen molar-refractivity contribution in [3.8, 4) is 27.0 Å². The van der Waals surface area contributed by atoms with E-state index in [1.54, 1.807) is 11.3 Å². The van der Waals surface area contributed by atoms with Gasteiger partial charge in [-0.25, -0.2) is 4.39 Å². The van der Waals surface area contributed by atoms with E-state index in [9.17, 15) is 9.65 Å². The average molecular weight is 314 g/mol. The minimum Gasteiger partial charge on any atom is -0.396 e. The third-order valence-corrected chi connectivity index (χ3v) is 5.17. The molecule has 104 valence electrons. The molecule has 2 aromatic heterocycles. The number of nitrogen functional groups attached to an aromatic ring is 1. The lowest BCUT2D eigenvalue weighted by Gasteiger charge is -2.05. The fourth-order valence-corrected chi connectivity index (χ4v) is 4.14. The summed E-state index contributed by atoms with van der Waals surface area (Å²) in [5, 5.41) is 11.2. The van der Waals surface area contributed by atoms with Crippen molar-refractivity contribution in [2.24, 2.45) is 0 Å². The Morgan fingerprint density at radius 3 is 2.71 bits per heavy atom. The predicted molar refractivity (Wildman–Crippen MR) is 86.9 cm³/mol. The first-order valence-corrected chi connectivity index (χ1v) is 7.93. The lowest BCUT2D eigenvalue weighted by atomic mass is 10.0. The van der Waals surface area contributed by atoms with E-state index >= 15 is 0 Å². The number of nitrogens with two attached hydrogens (primary N) is 1. The van der Waals surface area contributed by atoms with Gasteiger partial charge < -0.3 is 5.73 Å². The highest BCUT2D eigenvalue weighted by Gasteiger charge is 2.20.